The molecule has 1 aliphatic heterocycles. The minimum absolute atomic E-state index is 0.0332. The zero-order valence-electron chi connectivity index (χ0n) is 15.8. The zero-order chi connectivity index (χ0) is 19.3. The molecule has 6 heteroatoms. The second kappa shape index (κ2) is 6.55. The van der Waals surface area contributed by atoms with E-state index in [4.69, 9.17) is 15.7 Å². The molecule has 4 unspecified atom stereocenters. The maximum absolute atomic E-state index is 12.1. The Balaban J connectivity index is 1.47. The van der Waals surface area contributed by atoms with Crippen LogP contribution in [0.4, 0.5) is 11.5 Å². The average molecular weight is 373 g/mol. The first-order valence-electron chi connectivity index (χ1n) is 9.80. The Hall–Kier alpha value is -3.02. The van der Waals surface area contributed by atoms with Crippen LogP contribution in [0.5, 0.6) is 0 Å². The number of carbonyl (C=O) groups is 1. The standard InChI is InChI=1S/C22H23N5O/c1-12-3-2-4-13(9-12)10-17-25-16-7-8-24-20(16)22(26-17)27-19-15-6-5-14(11-15)18(19)21(23)28/h2-6,8-9,14-15,18-19H,7,10-11H2,1H3,(H2,23,28)(H,25,26,27). The number of allylic oxidation sites excluding steroid dienone is 1. The van der Waals surface area contributed by atoms with Gasteiger partial charge in [-0.15, -0.1) is 0 Å². The van der Waals surface area contributed by atoms with E-state index < -0.39 is 0 Å². The van der Waals surface area contributed by atoms with E-state index in [2.05, 4.69) is 53.7 Å². The maximum Gasteiger partial charge on any atom is 0.223 e. The summed E-state index contributed by atoms with van der Waals surface area (Å²) >= 11 is 0. The van der Waals surface area contributed by atoms with Crippen LogP contribution in [0.3, 0.4) is 0 Å². The molecule has 2 bridgehead atoms. The van der Waals surface area contributed by atoms with E-state index in [0.717, 1.165) is 29.4 Å². The second-order valence-corrected chi connectivity index (χ2v) is 8.01. The van der Waals surface area contributed by atoms with E-state index in [1.54, 1.807) is 0 Å². The Morgan fingerprint density at radius 1 is 1.25 bits per heavy atom. The van der Waals surface area contributed by atoms with Crippen molar-refractivity contribution in [3.63, 3.8) is 0 Å². The van der Waals surface area contributed by atoms with Crippen molar-refractivity contribution >= 4 is 23.6 Å². The molecule has 5 rings (SSSR count). The van der Waals surface area contributed by atoms with E-state index in [9.17, 15) is 4.79 Å². The van der Waals surface area contributed by atoms with Crippen LogP contribution >= 0.6 is 0 Å². The lowest BCUT2D eigenvalue weighted by Crippen LogP contribution is -2.41. The zero-order valence-corrected chi connectivity index (χ0v) is 15.8. The number of nitrogens with two attached hydrogens (primary N) is 1. The number of nitrogens with zero attached hydrogens (tertiary/aromatic N) is 3. The van der Waals surface area contributed by atoms with Gasteiger partial charge in [0.15, 0.2) is 5.82 Å². The molecule has 0 spiro atoms. The molecule has 0 saturated heterocycles. The molecular weight excluding hydrogens is 350 g/mol. The number of aliphatic imine (C=N–C) groups is 1. The smallest absolute Gasteiger partial charge is 0.223 e. The van der Waals surface area contributed by atoms with Crippen molar-refractivity contribution in [2.75, 3.05) is 5.32 Å². The fourth-order valence-electron chi connectivity index (χ4n) is 4.80. The predicted octanol–water partition coefficient (Wildman–Crippen LogP) is 2.72. The summed E-state index contributed by atoms with van der Waals surface area (Å²) in [6.45, 7) is 2.08. The van der Waals surface area contributed by atoms with Crippen LogP contribution in [0, 0.1) is 24.7 Å². The van der Waals surface area contributed by atoms with Gasteiger partial charge in [0.25, 0.3) is 0 Å². The SMILES string of the molecule is Cc1cccc(Cc2nc3c(c(NC4C5C=CC(C5)C4C(N)=O)n2)N=CC3)c1. The molecule has 1 saturated carbocycles. The molecule has 1 amide bonds. The molecule has 1 fully saturated rings. The lowest BCUT2D eigenvalue weighted by atomic mass is 9.88. The molecular formula is C22H23N5O. The van der Waals surface area contributed by atoms with Crippen molar-refractivity contribution in [2.45, 2.75) is 32.2 Å². The van der Waals surface area contributed by atoms with Gasteiger partial charge in [-0.1, -0.05) is 42.0 Å². The van der Waals surface area contributed by atoms with Crippen LogP contribution in [0.15, 0.2) is 41.4 Å². The summed E-state index contributed by atoms with van der Waals surface area (Å²) in [6.07, 6.45) is 8.54. The van der Waals surface area contributed by atoms with Crippen molar-refractivity contribution in [1.82, 2.24) is 9.97 Å². The Morgan fingerprint density at radius 3 is 2.93 bits per heavy atom. The number of benzene rings is 1. The molecule has 2 heterocycles. The van der Waals surface area contributed by atoms with Crippen molar-refractivity contribution < 1.29 is 4.79 Å². The van der Waals surface area contributed by atoms with E-state index in [-0.39, 0.29) is 23.8 Å². The number of fused-ring (bicyclic) bond motifs is 3. The lowest BCUT2D eigenvalue weighted by molar-refractivity contribution is -0.122. The number of hydrogen-bond acceptors (Lipinski definition) is 5. The van der Waals surface area contributed by atoms with Crippen LogP contribution in [0.2, 0.25) is 0 Å². The van der Waals surface area contributed by atoms with Gasteiger partial charge in [-0.2, -0.15) is 0 Å². The molecule has 1 aromatic carbocycles. The van der Waals surface area contributed by atoms with Crippen molar-refractivity contribution in [2.24, 2.45) is 28.5 Å². The summed E-state index contributed by atoms with van der Waals surface area (Å²) in [4.78, 5) is 26.1. The summed E-state index contributed by atoms with van der Waals surface area (Å²) < 4.78 is 0. The highest BCUT2D eigenvalue weighted by Crippen LogP contribution is 2.45. The number of rotatable bonds is 5. The highest BCUT2D eigenvalue weighted by molar-refractivity contribution is 5.82. The average Bonchev–Trinajstić information content (AvgIpc) is 3.37. The van der Waals surface area contributed by atoms with Gasteiger partial charge in [-0.05, 0) is 30.7 Å². The van der Waals surface area contributed by atoms with Gasteiger partial charge in [-0.3, -0.25) is 9.79 Å². The molecule has 2 aromatic rings. The fraction of sp³-hybridized carbons (Fsp3) is 0.364. The highest BCUT2D eigenvalue weighted by Gasteiger charge is 2.47. The van der Waals surface area contributed by atoms with Gasteiger partial charge >= 0.3 is 0 Å². The van der Waals surface area contributed by atoms with Crippen LogP contribution in [0.1, 0.15) is 29.1 Å². The van der Waals surface area contributed by atoms with Gasteiger partial charge in [0.05, 0.1) is 11.6 Å². The molecule has 3 aliphatic rings. The number of primary amides is 1. The Morgan fingerprint density at radius 2 is 2.11 bits per heavy atom. The number of nitrogens with one attached hydrogen (secondary N) is 1. The maximum atomic E-state index is 12.1. The molecule has 1 aromatic heterocycles. The minimum atomic E-state index is -0.247. The van der Waals surface area contributed by atoms with Crippen LogP contribution in [0.25, 0.3) is 0 Å². The van der Waals surface area contributed by atoms with Crippen LogP contribution in [-0.2, 0) is 17.6 Å². The van der Waals surface area contributed by atoms with Crippen LogP contribution in [-0.4, -0.2) is 28.1 Å². The van der Waals surface area contributed by atoms with Gasteiger partial charge in [0, 0.05) is 25.1 Å². The largest absolute Gasteiger partial charge is 0.369 e. The van der Waals surface area contributed by atoms with Crippen molar-refractivity contribution in [1.29, 1.82) is 0 Å². The summed E-state index contributed by atoms with van der Waals surface area (Å²) in [5, 5.41) is 3.52. The molecule has 142 valence electrons. The number of carbonyl (C=O) groups excluding carboxylic acids is 1. The van der Waals surface area contributed by atoms with E-state index in [1.165, 1.54) is 11.1 Å². The number of aryl methyl sites for hydroxylation is 1. The lowest BCUT2D eigenvalue weighted by Gasteiger charge is -2.27. The summed E-state index contributed by atoms with van der Waals surface area (Å²) in [7, 11) is 0. The summed E-state index contributed by atoms with van der Waals surface area (Å²) in [5.74, 6) is 1.57. The minimum Gasteiger partial charge on any atom is -0.369 e. The fourth-order valence-corrected chi connectivity index (χ4v) is 4.80. The normalized spacial score (nSPS) is 26.6. The Kier molecular flexibility index (Phi) is 4.00. The third kappa shape index (κ3) is 2.89. The number of amides is 1. The molecule has 28 heavy (non-hydrogen) atoms. The topological polar surface area (TPSA) is 93.3 Å². The van der Waals surface area contributed by atoms with Crippen LogP contribution < -0.4 is 11.1 Å². The first-order valence-corrected chi connectivity index (χ1v) is 9.80. The highest BCUT2D eigenvalue weighted by atomic mass is 16.1. The Bertz CT molecular complexity index is 1010. The second-order valence-electron chi connectivity index (χ2n) is 8.01. The van der Waals surface area contributed by atoms with Gasteiger partial charge in [0.2, 0.25) is 5.91 Å². The first kappa shape index (κ1) is 17.1. The van der Waals surface area contributed by atoms with Gasteiger partial charge in [-0.25, -0.2) is 9.97 Å². The predicted molar refractivity (Wildman–Crippen MR) is 109 cm³/mol. The summed E-state index contributed by atoms with van der Waals surface area (Å²) in [5.41, 5.74) is 9.85. The van der Waals surface area contributed by atoms with Crippen molar-refractivity contribution in [3.05, 3.63) is 59.1 Å². The monoisotopic (exact) mass is 373 g/mol. The number of anilines is 1. The first-order chi connectivity index (χ1) is 13.6. The molecule has 6 nitrogen and oxygen atoms in total. The molecule has 3 N–H and O–H groups in total. The molecule has 2 aliphatic carbocycles. The number of aromatic nitrogens is 2. The van der Waals surface area contributed by atoms with E-state index in [1.807, 2.05) is 6.21 Å². The van der Waals surface area contributed by atoms with Gasteiger partial charge < -0.3 is 11.1 Å². The molecule has 0 radical (unpaired) electrons. The van der Waals surface area contributed by atoms with Crippen molar-refractivity contribution in [3.8, 4) is 0 Å². The quantitative estimate of drug-likeness (QED) is 0.788. The third-order valence-corrected chi connectivity index (χ3v) is 6.04. The number of hydrogen-bond donors (Lipinski definition) is 2. The van der Waals surface area contributed by atoms with E-state index in [0.29, 0.717) is 18.8 Å². The van der Waals surface area contributed by atoms with Gasteiger partial charge in [0.1, 0.15) is 11.5 Å². The third-order valence-electron chi connectivity index (χ3n) is 6.04. The Labute approximate surface area is 164 Å². The molecule has 4 atom stereocenters. The van der Waals surface area contributed by atoms with E-state index >= 15 is 0 Å². The summed E-state index contributed by atoms with van der Waals surface area (Å²) in [6, 6.07) is 8.36.